The maximum atomic E-state index is 11.3. The zero-order chi connectivity index (χ0) is 14.5. The second-order valence-electron chi connectivity index (χ2n) is 5.05. The summed E-state index contributed by atoms with van der Waals surface area (Å²) in [6.07, 6.45) is -0.535. The van der Waals surface area contributed by atoms with E-state index in [2.05, 4.69) is 30.2 Å². The van der Waals surface area contributed by atoms with Gasteiger partial charge in [-0.05, 0) is 24.6 Å². The van der Waals surface area contributed by atoms with Crippen molar-refractivity contribution in [2.45, 2.75) is 26.6 Å². The Morgan fingerprint density at radius 2 is 1.89 bits per heavy atom. The number of hydrazone groups is 1. The Bertz CT molecular complexity index is 467. The molecule has 0 atom stereocenters. The molecule has 0 bridgehead atoms. The molecule has 0 saturated carbocycles. The molecule has 0 aliphatic carbocycles. The molecule has 0 aromatic heterocycles. The molecule has 1 N–H and O–H groups in total. The van der Waals surface area contributed by atoms with Crippen LogP contribution in [0.25, 0.3) is 0 Å². The molecule has 4 nitrogen and oxygen atoms in total. The normalized spacial score (nSPS) is 12.2. The molecule has 1 aromatic carbocycles. The number of carbonyl (C=O) groups excluding carboxylic acids is 1. The third-order valence-corrected chi connectivity index (χ3v) is 4.44. The van der Waals surface area contributed by atoms with E-state index in [4.69, 9.17) is 16.3 Å². The number of halogens is 1. The number of hydrogen-bond acceptors (Lipinski definition) is 3. The molecular formula is C13H19ClN2O2Si. The van der Waals surface area contributed by atoms with E-state index >= 15 is 0 Å². The van der Waals surface area contributed by atoms with Gasteiger partial charge in [0.2, 0.25) is 0 Å². The first-order valence-electron chi connectivity index (χ1n) is 6.11. The number of ether oxygens (including phenoxy) is 1. The summed E-state index contributed by atoms with van der Waals surface area (Å²) in [7, 11) is -1.70. The van der Waals surface area contributed by atoms with Gasteiger partial charge in [0.1, 0.15) is 8.07 Å². The van der Waals surface area contributed by atoms with E-state index < -0.39 is 14.2 Å². The van der Waals surface area contributed by atoms with Gasteiger partial charge in [-0.15, -0.1) is 0 Å². The summed E-state index contributed by atoms with van der Waals surface area (Å²) in [5, 5.41) is 5.80. The van der Waals surface area contributed by atoms with Gasteiger partial charge >= 0.3 is 6.09 Å². The van der Waals surface area contributed by atoms with Gasteiger partial charge in [-0.3, -0.25) is 0 Å². The molecule has 0 aliphatic rings. The van der Waals surface area contributed by atoms with Crippen LogP contribution >= 0.6 is 11.6 Å². The lowest BCUT2D eigenvalue weighted by Crippen LogP contribution is -2.37. The summed E-state index contributed by atoms with van der Waals surface area (Å²) >= 11 is 5.88. The Morgan fingerprint density at radius 1 is 1.32 bits per heavy atom. The van der Waals surface area contributed by atoms with Crippen molar-refractivity contribution >= 4 is 31.1 Å². The molecule has 0 aliphatic heterocycles. The zero-order valence-corrected chi connectivity index (χ0v) is 13.4. The Hall–Kier alpha value is -1.33. The predicted molar refractivity (Wildman–Crippen MR) is 81.5 cm³/mol. The van der Waals surface area contributed by atoms with Gasteiger partial charge in [0, 0.05) is 5.02 Å². The van der Waals surface area contributed by atoms with Crippen LogP contribution in [0.4, 0.5) is 4.79 Å². The third-order valence-electron chi connectivity index (χ3n) is 2.36. The van der Waals surface area contributed by atoms with E-state index in [9.17, 15) is 4.79 Å². The summed E-state index contributed by atoms with van der Waals surface area (Å²) < 4.78 is 4.80. The van der Waals surface area contributed by atoms with Gasteiger partial charge < -0.3 is 4.74 Å². The van der Waals surface area contributed by atoms with Crippen LogP contribution in [0, 0.1) is 0 Å². The van der Waals surface area contributed by atoms with Crippen LogP contribution in [-0.4, -0.2) is 26.1 Å². The summed E-state index contributed by atoms with van der Waals surface area (Å²) in [5.74, 6) is 0. The molecule has 0 saturated heterocycles. The Balaban J connectivity index is 2.99. The summed E-state index contributed by atoms with van der Waals surface area (Å²) in [4.78, 5) is 11.3. The van der Waals surface area contributed by atoms with Crippen molar-refractivity contribution in [3.63, 3.8) is 0 Å². The fourth-order valence-corrected chi connectivity index (χ4v) is 3.09. The van der Waals surface area contributed by atoms with Gasteiger partial charge in [-0.1, -0.05) is 43.4 Å². The monoisotopic (exact) mass is 298 g/mol. The SMILES string of the molecule is CCOC(=O)N/N=C(/c1ccc(Cl)cc1)[Si](C)(C)C. The highest BCUT2D eigenvalue weighted by atomic mass is 35.5. The van der Waals surface area contributed by atoms with Crippen LogP contribution in [0.1, 0.15) is 12.5 Å². The molecule has 6 heteroatoms. The standard InChI is InChI=1S/C13H19ClN2O2Si/c1-5-18-13(17)16-15-12(19(2,3)4)10-6-8-11(14)9-7-10/h6-9H,5H2,1-4H3,(H,16,17)/b15-12-. The largest absolute Gasteiger partial charge is 0.449 e. The van der Waals surface area contributed by atoms with Crippen molar-refractivity contribution in [3.05, 3.63) is 34.9 Å². The molecule has 0 fully saturated rings. The third kappa shape index (κ3) is 5.04. The van der Waals surface area contributed by atoms with Crippen molar-refractivity contribution in [2.75, 3.05) is 6.61 Å². The number of rotatable bonds is 4. The van der Waals surface area contributed by atoms with E-state index in [0.29, 0.717) is 11.6 Å². The molecule has 0 radical (unpaired) electrons. The summed E-state index contributed by atoms with van der Waals surface area (Å²) in [6, 6.07) is 7.45. The van der Waals surface area contributed by atoms with Gasteiger partial charge in [0.15, 0.2) is 0 Å². The maximum absolute atomic E-state index is 11.3. The van der Waals surface area contributed by atoms with Crippen molar-refractivity contribution in [2.24, 2.45) is 5.10 Å². The van der Waals surface area contributed by atoms with E-state index in [1.807, 2.05) is 24.3 Å². The molecule has 104 valence electrons. The highest BCUT2D eigenvalue weighted by Crippen LogP contribution is 2.16. The first kappa shape index (κ1) is 15.7. The molecular weight excluding hydrogens is 280 g/mol. The Morgan fingerprint density at radius 3 is 2.37 bits per heavy atom. The minimum absolute atomic E-state index is 0.324. The maximum Gasteiger partial charge on any atom is 0.427 e. The molecule has 0 heterocycles. The summed E-state index contributed by atoms with van der Waals surface area (Å²) in [6.45, 7) is 8.56. The average molecular weight is 299 g/mol. The Labute approximate surface area is 119 Å². The number of hydrogen-bond donors (Lipinski definition) is 1. The van der Waals surface area contributed by atoms with Gasteiger partial charge in [-0.25, -0.2) is 10.2 Å². The van der Waals surface area contributed by atoms with Crippen molar-refractivity contribution in [1.29, 1.82) is 0 Å². The van der Waals surface area contributed by atoms with Gasteiger partial charge in [-0.2, -0.15) is 5.10 Å². The second-order valence-corrected chi connectivity index (χ2v) is 10.5. The quantitative estimate of drug-likeness (QED) is 0.524. The minimum atomic E-state index is -1.70. The fraction of sp³-hybridized carbons (Fsp3) is 0.385. The highest BCUT2D eigenvalue weighted by molar-refractivity contribution is 7.06. The first-order chi connectivity index (χ1) is 8.84. The van der Waals surface area contributed by atoms with E-state index in [1.165, 1.54) is 0 Å². The topological polar surface area (TPSA) is 50.7 Å². The van der Waals surface area contributed by atoms with Crippen LogP contribution in [0.5, 0.6) is 0 Å². The van der Waals surface area contributed by atoms with Crippen LogP contribution in [-0.2, 0) is 4.74 Å². The smallest absolute Gasteiger partial charge is 0.427 e. The van der Waals surface area contributed by atoms with E-state index in [-0.39, 0.29) is 0 Å². The van der Waals surface area contributed by atoms with Gasteiger partial charge in [0.05, 0.1) is 11.9 Å². The van der Waals surface area contributed by atoms with Crippen molar-refractivity contribution < 1.29 is 9.53 Å². The van der Waals surface area contributed by atoms with Crippen molar-refractivity contribution in [3.8, 4) is 0 Å². The van der Waals surface area contributed by atoms with Crippen LogP contribution in [0.2, 0.25) is 24.7 Å². The summed E-state index contributed by atoms with van der Waals surface area (Å²) in [5.41, 5.74) is 3.40. The average Bonchev–Trinajstić information content (AvgIpc) is 2.30. The molecule has 0 spiro atoms. The number of nitrogens with zero attached hydrogens (tertiary/aromatic N) is 1. The minimum Gasteiger partial charge on any atom is -0.449 e. The molecule has 1 rings (SSSR count). The highest BCUT2D eigenvalue weighted by Gasteiger charge is 2.23. The molecule has 1 amide bonds. The molecule has 19 heavy (non-hydrogen) atoms. The van der Waals surface area contributed by atoms with E-state index in [1.54, 1.807) is 6.92 Å². The first-order valence-corrected chi connectivity index (χ1v) is 9.99. The number of nitrogens with one attached hydrogen (secondary N) is 1. The lowest BCUT2D eigenvalue weighted by atomic mass is 10.2. The van der Waals surface area contributed by atoms with Crippen LogP contribution < -0.4 is 5.43 Å². The Kier molecular flexibility index (Phi) is 5.56. The van der Waals surface area contributed by atoms with Crippen molar-refractivity contribution in [1.82, 2.24) is 5.43 Å². The second kappa shape index (κ2) is 6.72. The number of carbonyl (C=O) groups is 1. The molecule has 0 unspecified atom stereocenters. The van der Waals surface area contributed by atoms with E-state index in [0.717, 1.165) is 10.9 Å². The lowest BCUT2D eigenvalue weighted by molar-refractivity contribution is 0.152. The predicted octanol–water partition coefficient (Wildman–Crippen LogP) is 3.67. The lowest BCUT2D eigenvalue weighted by Gasteiger charge is -2.19. The van der Waals surface area contributed by atoms with Crippen LogP contribution in [0.3, 0.4) is 0 Å². The fourth-order valence-electron chi connectivity index (χ4n) is 1.54. The van der Waals surface area contributed by atoms with Gasteiger partial charge in [0.25, 0.3) is 0 Å². The van der Waals surface area contributed by atoms with Crippen LogP contribution in [0.15, 0.2) is 29.4 Å². The molecule has 1 aromatic rings. The number of amides is 1. The zero-order valence-electron chi connectivity index (χ0n) is 11.7. The number of benzene rings is 1.